The van der Waals surface area contributed by atoms with Gasteiger partial charge in [-0.1, -0.05) is 42.5 Å². The molecule has 0 aliphatic carbocycles. The number of carbonyl (C=O) groups excluding carboxylic acids is 2. The maximum atomic E-state index is 12.3. The van der Waals surface area contributed by atoms with Gasteiger partial charge >= 0.3 is 0 Å². The van der Waals surface area contributed by atoms with Crippen molar-refractivity contribution < 1.29 is 14.0 Å². The lowest BCUT2D eigenvalue weighted by Crippen LogP contribution is -2.29. The van der Waals surface area contributed by atoms with Gasteiger partial charge in [-0.2, -0.15) is 0 Å². The first-order valence-electron chi connectivity index (χ1n) is 8.15. The van der Waals surface area contributed by atoms with E-state index in [2.05, 4.69) is 10.2 Å². The SMILES string of the molecule is Cc1cccc2c1N(Cc1nnc(/C=C/c3ccccc3)o1)C(=O)C2=O. The lowest BCUT2D eigenvalue weighted by Gasteiger charge is -2.15. The third-order valence-electron chi connectivity index (χ3n) is 4.19. The van der Waals surface area contributed by atoms with Crippen molar-refractivity contribution in [1.82, 2.24) is 10.2 Å². The second-order valence-corrected chi connectivity index (χ2v) is 5.97. The van der Waals surface area contributed by atoms with Crippen LogP contribution in [0.3, 0.4) is 0 Å². The van der Waals surface area contributed by atoms with Gasteiger partial charge in [0.25, 0.3) is 11.7 Å². The molecule has 0 N–H and O–H groups in total. The van der Waals surface area contributed by atoms with E-state index in [9.17, 15) is 9.59 Å². The second-order valence-electron chi connectivity index (χ2n) is 5.97. The fourth-order valence-electron chi connectivity index (χ4n) is 2.96. The number of anilines is 1. The number of carbonyl (C=O) groups is 2. The summed E-state index contributed by atoms with van der Waals surface area (Å²) in [6.45, 7) is 1.92. The van der Waals surface area contributed by atoms with Crippen LogP contribution in [0.2, 0.25) is 0 Å². The maximum absolute atomic E-state index is 12.3. The topological polar surface area (TPSA) is 76.3 Å². The summed E-state index contributed by atoms with van der Waals surface area (Å²) >= 11 is 0. The first-order chi connectivity index (χ1) is 12.6. The van der Waals surface area contributed by atoms with Crippen LogP contribution in [0, 0.1) is 6.92 Å². The summed E-state index contributed by atoms with van der Waals surface area (Å²) in [5.41, 5.74) is 2.89. The number of aryl methyl sites for hydroxylation is 1. The molecule has 6 nitrogen and oxygen atoms in total. The molecule has 4 rings (SSSR count). The molecule has 1 amide bonds. The van der Waals surface area contributed by atoms with Crippen molar-refractivity contribution in [3.63, 3.8) is 0 Å². The molecule has 128 valence electrons. The number of hydrogen-bond acceptors (Lipinski definition) is 5. The van der Waals surface area contributed by atoms with Crippen molar-refractivity contribution in [3.05, 3.63) is 77.0 Å². The number of hydrogen-bond donors (Lipinski definition) is 0. The van der Waals surface area contributed by atoms with E-state index in [1.807, 2.05) is 49.4 Å². The molecule has 3 aromatic rings. The minimum absolute atomic E-state index is 0.0641. The fourth-order valence-corrected chi connectivity index (χ4v) is 2.96. The van der Waals surface area contributed by atoms with Crippen LogP contribution in [0.4, 0.5) is 5.69 Å². The Morgan fingerprint density at radius 3 is 2.62 bits per heavy atom. The predicted molar refractivity (Wildman–Crippen MR) is 96.4 cm³/mol. The van der Waals surface area contributed by atoms with E-state index in [1.54, 1.807) is 18.2 Å². The summed E-state index contributed by atoms with van der Waals surface area (Å²) in [6, 6.07) is 15.0. The van der Waals surface area contributed by atoms with Gasteiger partial charge in [-0.25, -0.2) is 0 Å². The number of rotatable bonds is 4. The molecule has 0 bridgehead atoms. The Balaban J connectivity index is 1.56. The quantitative estimate of drug-likeness (QED) is 0.678. The van der Waals surface area contributed by atoms with Crippen molar-refractivity contribution in [2.45, 2.75) is 13.5 Å². The zero-order valence-corrected chi connectivity index (χ0v) is 14.0. The Morgan fingerprint density at radius 1 is 1.00 bits per heavy atom. The van der Waals surface area contributed by atoms with Crippen molar-refractivity contribution >= 4 is 29.5 Å². The Labute approximate surface area is 149 Å². The Hall–Kier alpha value is -3.54. The third kappa shape index (κ3) is 2.82. The zero-order chi connectivity index (χ0) is 18.1. The van der Waals surface area contributed by atoms with Crippen LogP contribution in [-0.4, -0.2) is 21.9 Å². The molecule has 0 spiro atoms. The molecule has 1 aromatic heterocycles. The van der Waals surface area contributed by atoms with Crippen molar-refractivity contribution in [2.75, 3.05) is 4.90 Å². The van der Waals surface area contributed by atoms with Gasteiger partial charge in [-0.3, -0.25) is 14.5 Å². The largest absolute Gasteiger partial charge is 0.419 e. The van der Waals surface area contributed by atoms with Crippen LogP contribution in [0.15, 0.2) is 52.9 Å². The van der Waals surface area contributed by atoms with Crippen LogP contribution in [0.5, 0.6) is 0 Å². The molecule has 1 aliphatic rings. The average molecular weight is 345 g/mol. The lowest BCUT2D eigenvalue weighted by atomic mass is 10.1. The first kappa shape index (κ1) is 16.0. The molecular weight excluding hydrogens is 330 g/mol. The van der Waals surface area contributed by atoms with Crippen molar-refractivity contribution in [2.24, 2.45) is 0 Å². The van der Waals surface area contributed by atoms with E-state index < -0.39 is 11.7 Å². The Morgan fingerprint density at radius 2 is 1.81 bits per heavy atom. The van der Waals surface area contributed by atoms with Gasteiger partial charge in [0.2, 0.25) is 11.8 Å². The number of para-hydroxylation sites is 1. The molecule has 0 atom stereocenters. The molecule has 0 fully saturated rings. The zero-order valence-electron chi connectivity index (χ0n) is 14.0. The van der Waals surface area contributed by atoms with E-state index in [0.717, 1.165) is 11.1 Å². The number of Topliss-reactive ketones (excluding diaryl/α,β-unsaturated/α-hetero) is 1. The highest BCUT2D eigenvalue weighted by molar-refractivity contribution is 6.52. The van der Waals surface area contributed by atoms with E-state index in [0.29, 0.717) is 17.1 Å². The molecule has 0 unspecified atom stereocenters. The smallest absolute Gasteiger partial charge is 0.299 e. The number of ketones is 1. The molecule has 2 heterocycles. The third-order valence-corrected chi connectivity index (χ3v) is 4.19. The second kappa shape index (κ2) is 6.40. The van der Waals surface area contributed by atoms with Gasteiger partial charge in [0.15, 0.2) is 0 Å². The molecule has 0 saturated heterocycles. The number of nitrogens with zero attached hydrogens (tertiary/aromatic N) is 3. The number of fused-ring (bicyclic) bond motifs is 1. The molecule has 0 radical (unpaired) electrons. The molecule has 6 heteroatoms. The Kier molecular flexibility index (Phi) is 3.93. The van der Waals surface area contributed by atoms with Gasteiger partial charge in [-0.05, 0) is 30.2 Å². The minimum Gasteiger partial charge on any atom is -0.419 e. The van der Waals surface area contributed by atoms with Crippen LogP contribution >= 0.6 is 0 Å². The molecule has 0 saturated carbocycles. The van der Waals surface area contributed by atoms with E-state index in [4.69, 9.17) is 4.42 Å². The predicted octanol–water partition coefficient (Wildman–Crippen LogP) is 3.28. The summed E-state index contributed by atoms with van der Waals surface area (Å²) in [5, 5.41) is 7.95. The lowest BCUT2D eigenvalue weighted by molar-refractivity contribution is -0.114. The van der Waals surface area contributed by atoms with E-state index >= 15 is 0 Å². The summed E-state index contributed by atoms with van der Waals surface area (Å²) in [5.74, 6) is -0.469. The molecule has 2 aromatic carbocycles. The highest BCUT2D eigenvalue weighted by Crippen LogP contribution is 2.33. The molecule has 1 aliphatic heterocycles. The standard InChI is InChI=1S/C20H15N3O3/c1-13-6-5-9-15-18(13)23(20(25)19(15)24)12-17-22-21-16(26-17)11-10-14-7-3-2-4-8-14/h2-11H,12H2,1H3/b11-10+. The van der Waals surface area contributed by atoms with Crippen molar-refractivity contribution in [3.8, 4) is 0 Å². The summed E-state index contributed by atoms with van der Waals surface area (Å²) in [7, 11) is 0. The van der Waals surface area contributed by atoms with Gasteiger partial charge < -0.3 is 4.42 Å². The van der Waals surface area contributed by atoms with Crippen molar-refractivity contribution in [1.29, 1.82) is 0 Å². The number of aromatic nitrogens is 2. The van der Waals surface area contributed by atoms with Crippen LogP contribution in [0.25, 0.3) is 12.2 Å². The molecule has 26 heavy (non-hydrogen) atoms. The first-order valence-corrected chi connectivity index (χ1v) is 8.15. The van der Waals surface area contributed by atoms with Gasteiger partial charge in [0, 0.05) is 6.08 Å². The number of benzene rings is 2. The monoisotopic (exact) mass is 345 g/mol. The van der Waals surface area contributed by atoms with Crippen LogP contribution < -0.4 is 4.90 Å². The summed E-state index contributed by atoms with van der Waals surface area (Å²) < 4.78 is 5.59. The minimum atomic E-state index is -0.575. The Bertz CT molecular complexity index is 1020. The van der Waals surface area contributed by atoms with E-state index in [1.165, 1.54) is 4.90 Å². The number of amides is 1. The summed E-state index contributed by atoms with van der Waals surface area (Å²) in [6.07, 6.45) is 3.57. The summed E-state index contributed by atoms with van der Waals surface area (Å²) in [4.78, 5) is 25.8. The van der Waals surface area contributed by atoms with Gasteiger partial charge in [0.05, 0.1) is 11.3 Å². The van der Waals surface area contributed by atoms with Crippen LogP contribution in [-0.2, 0) is 11.3 Å². The van der Waals surface area contributed by atoms with Gasteiger partial charge in [-0.15, -0.1) is 10.2 Å². The maximum Gasteiger partial charge on any atom is 0.299 e. The van der Waals surface area contributed by atoms with Crippen LogP contribution in [0.1, 0.15) is 33.3 Å². The highest BCUT2D eigenvalue weighted by atomic mass is 16.4. The highest BCUT2D eigenvalue weighted by Gasteiger charge is 2.37. The average Bonchev–Trinajstić information content (AvgIpc) is 3.20. The fraction of sp³-hybridized carbons (Fsp3) is 0.100. The normalized spacial score (nSPS) is 13.7. The van der Waals surface area contributed by atoms with E-state index in [-0.39, 0.29) is 12.4 Å². The van der Waals surface area contributed by atoms with Gasteiger partial charge in [0.1, 0.15) is 6.54 Å². The molecular formula is C20H15N3O3.